The minimum Gasteiger partial charge on any atom is -0.349 e. The van der Waals surface area contributed by atoms with E-state index in [4.69, 9.17) is 0 Å². The molecule has 2 amide bonds. The Kier molecular flexibility index (Phi) is 5.17. The lowest BCUT2D eigenvalue weighted by Crippen LogP contribution is -2.34. The Labute approximate surface area is 148 Å². The molecule has 0 aromatic heterocycles. The number of nitrogens with one attached hydrogen (secondary N) is 1. The van der Waals surface area contributed by atoms with E-state index in [0.717, 1.165) is 11.3 Å². The number of rotatable bonds is 6. The van der Waals surface area contributed by atoms with Crippen molar-refractivity contribution in [1.82, 2.24) is 5.32 Å². The lowest BCUT2D eigenvalue weighted by molar-refractivity contribution is -0.126. The van der Waals surface area contributed by atoms with E-state index in [-0.39, 0.29) is 29.7 Å². The number of carbonyl (C=O) groups is 2. The average Bonchev–Trinajstić information content (AvgIpc) is 3.45. The number of hydrogen-bond acceptors (Lipinski definition) is 2. The number of carbonyl (C=O) groups excluding carboxylic acids is 2. The van der Waals surface area contributed by atoms with E-state index in [1.54, 1.807) is 4.90 Å². The first-order valence-corrected chi connectivity index (χ1v) is 8.83. The van der Waals surface area contributed by atoms with Gasteiger partial charge in [0.15, 0.2) is 0 Å². The molecule has 130 valence electrons. The highest BCUT2D eigenvalue weighted by Gasteiger charge is 2.49. The molecule has 2 aromatic carbocycles. The predicted octanol–water partition coefficient (Wildman–Crippen LogP) is 3.55. The second-order valence-corrected chi connectivity index (χ2v) is 6.51. The van der Waals surface area contributed by atoms with Crippen molar-refractivity contribution in [2.24, 2.45) is 11.8 Å². The molecule has 2 aromatic rings. The van der Waals surface area contributed by atoms with Gasteiger partial charge in [-0.05, 0) is 38.0 Å². The van der Waals surface area contributed by atoms with Gasteiger partial charge < -0.3 is 10.2 Å². The van der Waals surface area contributed by atoms with Crippen molar-refractivity contribution in [3.8, 4) is 0 Å². The van der Waals surface area contributed by atoms with Crippen molar-refractivity contribution in [3.63, 3.8) is 0 Å². The molecule has 1 fully saturated rings. The largest absolute Gasteiger partial charge is 0.349 e. The molecule has 1 saturated carbocycles. The van der Waals surface area contributed by atoms with Crippen LogP contribution in [0.5, 0.6) is 0 Å². The maximum absolute atomic E-state index is 12.8. The third-order valence-electron chi connectivity index (χ3n) is 4.75. The van der Waals surface area contributed by atoms with Gasteiger partial charge in [-0.2, -0.15) is 0 Å². The standard InChI is InChI=1S/C21H24N2O2/c1-3-23(17-12-8-5-9-13-17)21(25)19-14-18(19)20(24)22-15(2)16-10-6-4-7-11-16/h4-13,15,18-19H,3,14H2,1-2H3,(H,22,24). The molecule has 3 rings (SSSR count). The summed E-state index contributed by atoms with van der Waals surface area (Å²) in [4.78, 5) is 27.0. The van der Waals surface area contributed by atoms with Crippen LogP contribution < -0.4 is 10.2 Å². The topological polar surface area (TPSA) is 49.4 Å². The third kappa shape index (κ3) is 3.90. The van der Waals surface area contributed by atoms with E-state index in [1.165, 1.54) is 0 Å². The second-order valence-electron chi connectivity index (χ2n) is 6.51. The Bertz CT molecular complexity index is 730. The fraction of sp³-hybridized carbons (Fsp3) is 0.333. The van der Waals surface area contributed by atoms with Crippen molar-refractivity contribution in [2.45, 2.75) is 26.3 Å². The molecular formula is C21H24N2O2. The van der Waals surface area contributed by atoms with Crippen molar-refractivity contribution < 1.29 is 9.59 Å². The number of hydrogen-bond donors (Lipinski definition) is 1. The summed E-state index contributed by atoms with van der Waals surface area (Å²) in [6.07, 6.45) is 0.634. The van der Waals surface area contributed by atoms with Crippen molar-refractivity contribution in [1.29, 1.82) is 0 Å². The molecule has 0 heterocycles. The maximum atomic E-state index is 12.8. The van der Waals surface area contributed by atoms with Gasteiger partial charge in [0.1, 0.15) is 0 Å². The van der Waals surface area contributed by atoms with Gasteiger partial charge in [-0.1, -0.05) is 48.5 Å². The summed E-state index contributed by atoms with van der Waals surface area (Å²) in [5, 5.41) is 3.03. The molecule has 0 aliphatic heterocycles. The molecule has 0 radical (unpaired) electrons. The van der Waals surface area contributed by atoms with E-state index in [2.05, 4.69) is 5.32 Å². The summed E-state index contributed by atoms with van der Waals surface area (Å²) in [7, 11) is 0. The molecule has 1 aliphatic rings. The van der Waals surface area contributed by atoms with Crippen LogP contribution in [0.15, 0.2) is 60.7 Å². The van der Waals surface area contributed by atoms with Crippen molar-refractivity contribution >= 4 is 17.5 Å². The number of anilines is 1. The maximum Gasteiger partial charge on any atom is 0.230 e. The van der Waals surface area contributed by atoms with Crippen LogP contribution in [-0.2, 0) is 9.59 Å². The summed E-state index contributed by atoms with van der Waals surface area (Å²) < 4.78 is 0. The van der Waals surface area contributed by atoms with Gasteiger partial charge in [0, 0.05) is 12.2 Å². The van der Waals surface area contributed by atoms with E-state index >= 15 is 0 Å². The third-order valence-corrected chi connectivity index (χ3v) is 4.75. The first-order chi connectivity index (χ1) is 12.1. The summed E-state index contributed by atoms with van der Waals surface area (Å²) in [5.41, 5.74) is 1.96. The summed E-state index contributed by atoms with van der Waals surface area (Å²) in [6.45, 7) is 4.53. The van der Waals surface area contributed by atoms with E-state index in [1.807, 2.05) is 74.5 Å². The minimum absolute atomic E-state index is 0.0289. The zero-order valence-corrected chi connectivity index (χ0v) is 14.7. The number of nitrogens with zero attached hydrogens (tertiary/aromatic N) is 1. The normalized spacial score (nSPS) is 19.8. The Hall–Kier alpha value is -2.62. The predicted molar refractivity (Wildman–Crippen MR) is 99.1 cm³/mol. The lowest BCUT2D eigenvalue weighted by atomic mass is 10.1. The molecule has 0 bridgehead atoms. The van der Waals surface area contributed by atoms with Gasteiger partial charge in [0.2, 0.25) is 11.8 Å². The van der Waals surface area contributed by atoms with Crippen LogP contribution in [-0.4, -0.2) is 18.4 Å². The Morgan fingerprint density at radius 2 is 1.64 bits per heavy atom. The second kappa shape index (κ2) is 7.51. The van der Waals surface area contributed by atoms with Crippen LogP contribution in [0.25, 0.3) is 0 Å². The highest BCUT2D eigenvalue weighted by molar-refractivity contribution is 6.01. The molecule has 3 atom stereocenters. The van der Waals surface area contributed by atoms with Crippen molar-refractivity contribution in [2.75, 3.05) is 11.4 Å². The minimum atomic E-state index is -0.212. The summed E-state index contributed by atoms with van der Waals surface area (Å²) in [6, 6.07) is 19.4. The molecule has 0 spiro atoms. The van der Waals surface area contributed by atoms with Crippen LogP contribution >= 0.6 is 0 Å². The van der Waals surface area contributed by atoms with E-state index in [9.17, 15) is 9.59 Å². The first-order valence-electron chi connectivity index (χ1n) is 8.83. The smallest absolute Gasteiger partial charge is 0.230 e. The van der Waals surface area contributed by atoms with Gasteiger partial charge in [0.05, 0.1) is 17.9 Å². The number of para-hydroxylation sites is 1. The van der Waals surface area contributed by atoms with Crippen molar-refractivity contribution in [3.05, 3.63) is 66.2 Å². The Morgan fingerprint density at radius 1 is 1.04 bits per heavy atom. The zero-order chi connectivity index (χ0) is 17.8. The molecule has 3 unspecified atom stereocenters. The fourth-order valence-corrected chi connectivity index (χ4v) is 3.18. The molecule has 4 nitrogen and oxygen atoms in total. The molecule has 25 heavy (non-hydrogen) atoms. The fourth-order valence-electron chi connectivity index (χ4n) is 3.18. The number of benzene rings is 2. The highest BCUT2D eigenvalue weighted by Crippen LogP contribution is 2.41. The summed E-state index contributed by atoms with van der Waals surface area (Å²) >= 11 is 0. The highest BCUT2D eigenvalue weighted by atomic mass is 16.2. The van der Waals surface area contributed by atoms with Gasteiger partial charge in [-0.15, -0.1) is 0 Å². The van der Waals surface area contributed by atoms with Gasteiger partial charge in [-0.25, -0.2) is 0 Å². The Morgan fingerprint density at radius 3 is 2.24 bits per heavy atom. The SMILES string of the molecule is CCN(C(=O)C1CC1C(=O)NC(C)c1ccccc1)c1ccccc1. The van der Waals surface area contributed by atoms with Gasteiger partial charge in [0.25, 0.3) is 0 Å². The quantitative estimate of drug-likeness (QED) is 0.877. The van der Waals surface area contributed by atoms with Crippen LogP contribution in [0, 0.1) is 11.8 Å². The first kappa shape index (κ1) is 17.2. The van der Waals surface area contributed by atoms with Gasteiger partial charge >= 0.3 is 0 Å². The number of amides is 2. The Balaban J connectivity index is 1.59. The van der Waals surface area contributed by atoms with Crippen LogP contribution in [0.2, 0.25) is 0 Å². The lowest BCUT2D eigenvalue weighted by Gasteiger charge is -2.21. The molecule has 4 heteroatoms. The zero-order valence-electron chi connectivity index (χ0n) is 14.7. The van der Waals surface area contributed by atoms with Gasteiger partial charge in [-0.3, -0.25) is 9.59 Å². The van der Waals surface area contributed by atoms with Crippen LogP contribution in [0.3, 0.4) is 0 Å². The van der Waals surface area contributed by atoms with E-state index in [0.29, 0.717) is 13.0 Å². The molecule has 1 N–H and O–H groups in total. The average molecular weight is 336 g/mol. The van der Waals surface area contributed by atoms with Crippen LogP contribution in [0.1, 0.15) is 31.9 Å². The molecule has 1 aliphatic carbocycles. The monoisotopic (exact) mass is 336 g/mol. The van der Waals surface area contributed by atoms with Crippen LogP contribution in [0.4, 0.5) is 5.69 Å². The molecule has 0 saturated heterocycles. The van der Waals surface area contributed by atoms with E-state index < -0.39 is 0 Å². The summed E-state index contributed by atoms with van der Waals surface area (Å²) in [5.74, 6) is -0.403. The molecular weight excluding hydrogens is 312 g/mol.